The van der Waals surface area contributed by atoms with Gasteiger partial charge in [-0.05, 0) is 55.1 Å². The molecule has 9 heteroatoms. The Balaban J connectivity index is 1.67. The minimum absolute atomic E-state index is 0.158. The molecule has 1 atom stereocenters. The van der Waals surface area contributed by atoms with E-state index in [9.17, 15) is 4.79 Å². The van der Waals surface area contributed by atoms with Gasteiger partial charge in [0.2, 0.25) is 5.95 Å². The predicted octanol–water partition coefficient (Wildman–Crippen LogP) is 5.62. The van der Waals surface area contributed by atoms with E-state index < -0.39 is 6.04 Å². The molecular formula is C25H21ClN6OS. The Labute approximate surface area is 204 Å². The van der Waals surface area contributed by atoms with Crippen LogP contribution >= 0.6 is 22.9 Å². The fourth-order valence-electron chi connectivity index (χ4n) is 3.85. The third kappa shape index (κ3) is 4.02. The van der Waals surface area contributed by atoms with E-state index in [4.69, 9.17) is 22.3 Å². The number of para-hydroxylation sites is 1. The first-order valence-corrected chi connectivity index (χ1v) is 11.9. The summed E-state index contributed by atoms with van der Waals surface area (Å²) >= 11 is 8.00. The van der Waals surface area contributed by atoms with E-state index in [1.807, 2.05) is 44.2 Å². The van der Waals surface area contributed by atoms with Gasteiger partial charge in [0.05, 0.1) is 33.2 Å². The molecule has 2 aromatic carbocycles. The van der Waals surface area contributed by atoms with Crippen molar-refractivity contribution in [3.8, 4) is 16.1 Å². The highest BCUT2D eigenvalue weighted by Gasteiger charge is 2.21. The molecule has 34 heavy (non-hydrogen) atoms. The highest BCUT2D eigenvalue weighted by molar-refractivity contribution is 7.13. The summed E-state index contributed by atoms with van der Waals surface area (Å²) in [6.45, 7) is 3.97. The zero-order valence-electron chi connectivity index (χ0n) is 18.5. The number of nitrogen functional groups attached to an aromatic ring is 1. The van der Waals surface area contributed by atoms with Crippen molar-refractivity contribution >= 4 is 45.6 Å². The van der Waals surface area contributed by atoms with Gasteiger partial charge in [-0.15, -0.1) is 11.3 Å². The van der Waals surface area contributed by atoms with E-state index in [1.165, 1.54) is 0 Å². The Bertz CT molecular complexity index is 1560. The second-order valence-electron chi connectivity index (χ2n) is 7.92. The van der Waals surface area contributed by atoms with Crippen LogP contribution in [0.4, 0.5) is 11.8 Å². The van der Waals surface area contributed by atoms with Crippen molar-refractivity contribution in [2.75, 3.05) is 11.1 Å². The number of benzene rings is 2. The minimum Gasteiger partial charge on any atom is -0.368 e. The second-order valence-corrected chi connectivity index (χ2v) is 9.24. The zero-order valence-corrected chi connectivity index (χ0v) is 20.1. The van der Waals surface area contributed by atoms with Gasteiger partial charge in [0.25, 0.3) is 5.56 Å². The lowest BCUT2D eigenvalue weighted by Crippen LogP contribution is -2.27. The van der Waals surface area contributed by atoms with Crippen LogP contribution in [0.1, 0.15) is 24.4 Å². The number of fused-ring (bicyclic) bond motifs is 1. The van der Waals surface area contributed by atoms with Crippen LogP contribution in [-0.4, -0.2) is 19.5 Å². The molecule has 3 heterocycles. The number of thiophene rings is 1. The summed E-state index contributed by atoms with van der Waals surface area (Å²) in [6.07, 6.45) is 1.71. The van der Waals surface area contributed by atoms with Crippen molar-refractivity contribution in [2.24, 2.45) is 0 Å². The Morgan fingerprint density at radius 2 is 1.91 bits per heavy atom. The quantitative estimate of drug-likeness (QED) is 0.333. The molecule has 0 aliphatic heterocycles. The van der Waals surface area contributed by atoms with Crippen molar-refractivity contribution in [3.63, 3.8) is 0 Å². The molecule has 7 nitrogen and oxygen atoms in total. The van der Waals surface area contributed by atoms with Crippen LogP contribution in [0.2, 0.25) is 5.02 Å². The van der Waals surface area contributed by atoms with Crippen LogP contribution in [0.5, 0.6) is 0 Å². The van der Waals surface area contributed by atoms with E-state index in [2.05, 4.69) is 26.7 Å². The summed E-state index contributed by atoms with van der Waals surface area (Å²) < 4.78 is 1.59. The molecule has 0 spiro atoms. The van der Waals surface area contributed by atoms with Crippen molar-refractivity contribution in [2.45, 2.75) is 19.9 Å². The number of hydrogen-bond donors (Lipinski definition) is 2. The van der Waals surface area contributed by atoms with Crippen molar-refractivity contribution in [1.29, 1.82) is 0 Å². The van der Waals surface area contributed by atoms with Crippen LogP contribution in [0.15, 0.2) is 71.0 Å². The molecule has 0 unspecified atom stereocenters. The monoisotopic (exact) mass is 488 g/mol. The SMILES string of the molecule is Cc1csc(-c2cnc(N)nc2N[C@@H](C)c2nc3cccc(Cl)c3c(=O)n2-c2ccccc2)c1. The first-order chi connectivity index (χ1) is 16.4. The smallest absolute Gasteiger partial charge is 0.267 e. The fourth-order valence-corrected chi connectivity index (χ4v) is 5.01. The lowest BCUT2D eigenvalue weighted by molar-refractivity contribution is 0.731. The van der Waals surface area contributed by atoms with E-state index in [1.54, 1.807) is 40.3 Å². The molecule has 0 fully saturated rings. The maximum Gasteiger partial charge on any atom is 0.267 e. The number of aryl methyl sites for hydroxylation is 1. The van der Waals surface area contributed by atoms with E-state index in [-0.39, 0.29) is 11.5 Å². The largest absolute Gasteiger partial charge is 0.368 e. The van der Waals surface area contributed by atoms with Crippen LogP contribution in [0, 0.1) is 6.92 Å². The fraction of sp³-hybridized carbons (Fsp3) is 0.120. The number of aromatic nitrogens is 4. The Morgan fingerprint density at radius 1 is 1.12 bits per heavy atom. The second kappa shape index (κ2) is 8.89. The average molecular weight is 489 g/mol. The molecule has 0 radical (unpaired) electrons. The van der Waals surface area contributed by atoms with Gasteiger partial charge < -0.3 is 11.1 Å². The third-order valence-electron chi connectivity index (χ3n) is 5.43. The van der Waals surface area contributed by atoms with Crippen LogP contribution in [0.3, 0.4) is 0 Å². The maximum absolute atomic E-state index is 13.6. The van der Waals surface area contributed by atoms with Gasteiger partial charge in [0.1, 0.15) is 11.6 Å². The van der Waals surface area contributed by atoms with E-state index in [0.717, 1.165) is 16.0 Å². The van der Waals surface area contributed by atoms with Gasteiger partial charge in [-0.1, -0.05) is 35.9 Å². The van der Waals surface area contributed by atoms with Crippen LogP contribution < -0.4 is 16.6 Å². The minimum atomic E-state index is -0.398. The molecule has 3 N–H and O–H groups in total. The van der Waals surface area contributed by atoms with Gasteiger partial charge in [-0.25, -0.2) is 9.97 Å². The maximum atomic E-state index is 13.6. The van der Waals surface area contributed by atoms with Gasteiger partial charge in [0, 0.05) is 11.1 Å². The molecule has 0 saturated heterocycles. The normalized spacial score (nSPS) is 12.1. The molecule has 170 valence electrons. The molecule has 0 aliphatic carbocycles. The highest BCUT2D eigenvalue weighted by Crippen LogP contribution is 2.33. The number of nitrogens with one attached hydrogen (secondary N) is 1. The topological polar surface area (TPSA) is 98.7 Å². The van der Waals surface area contributed by atoms with E-state index >= 15 is 0 Å². The summed E-state index contributed by atoms with van der Waals surface area (Å²) in [5, 5.41) is 6.23. The summed E-state index contributed by atoms with van der Waals surface area (Å²) in [7, 11) is 0. The lowest BCUT2D eigenvalue weighted by Gasteiger charge is -2.21. The molecule has 0 aliphatic rings. The van der Waals surface area contributed by atoms with Crippen LogP contribution in [0.25, 0.3) is 27.0 Å². The summed E-state index contributed by atoms with van der Waals surface area (Å²) in [5.41, 5.74) is 8.90. The molecule has 5 rings (SSSR count). The number of anilines is 2. The number of halogens is 1. The zero-order chi connectivity index (χ0) is 23.8. The molecule has 3 aromatic heterocycles. The number of rotatable bonds is 5. The summed E-state index contributed by atoms with van der Waals surface area (Å²) in [5.74, 6) is 1.25. The van der Waals surface area contributed by atoms with Gasteiger partial charge in [-0.3, -0.25) is 9.36 Å². The molecule has 0 amide bonds. The molecule has 0 bridgehead atoms. The molecular weight excluding hydrogens is 468 g/mol. The Morgan fingerprint density at radius 3 is 2.65 bits per heavy atom. The number of nitrogens with zero attached hydrogens (tertiary/aromatic N) is 4. The van der Waals surface area contributed by atoms with Gasteiger partial charge in [-0.2, -0.15) is 4.98 Å². The summed E-state index contributed by atoms with van der Waals surface area (Å²) in [6, 6.07) is 16.3. The Hall–Kier alpha value is -3.75. The first kappa shape index (κ1) is 22.1. The van der Waals surface area contributed by atoms with Gasteiger partial charge in [0.15, 0.2) is 0 Å². The Kier molecular flexibility index (Phi) is 5.77. The van der Waals surface area contributed by atoms with Crippen molar-refractivity contribution in [1.82, 2.24) is 19.5 Å². The third-order valence-corrected chi connectivity index (χ3v) is 6.83. The first-order valence-electron chi connectivity index (χ1n) is 10.6. The highest BCUT2D eigenvalue weighted by atomic mass is 35.5. The number of hydrogen-bond acceptors (Lipinski definition) is 7. The van der Waals surface area contributed by atoms with Crippen LogP contribution in [-0.2, 0) is 0 Å². The van der Waals surface area contributed by atoms with Crippen molar-refractivity contribution in [3.05, 3.63) is 92.9 Å². The molecule has 5 aromatic rings. The number of nitrogens with two attached hydrogens (primary N) is 1. The van der Waals surface area contributed by atoms with Crippen molar-refractivity contribution < 1.29 is 0 Å². The van der Waals surface area contributed by atoms with E-state index in [0.29, 0.717) is 33.3 Å². The summed E-state index contributed by atoms with van der Waals surface area (Å²) in [4.78, 5) is 28.1. The average Bonchev–Trinajstić information content (AvgIpc) is 3.25. The predicted molar refractivity (Wildman–Crippen MR) is 139 cm³/mol. The molecule has 0 saturated carbocycles. The van der Waals surface area contributed by atoms with Gasteiger partial charge >= 0.3 is 0 Å². The lowest BCUT2D eigenvalue weighted by atomic mass is 10.2. The standard InChI is InChI=1S/C25H21ClN6OS/c1-14-11-20(34-13-14)17-12-28-25(27)31-22(17)29-15(2)23-30-19-10-6-9-18(26)21(19)24(33)32(23)16-7-4-3-5-8-16/h3-13,15H,1-2H3,(H3,27,28,29,31)/t15-/m0/s1.